The molecule has 0 aliphatic heterocycles. The lowest BCUT2D eigenvalue weighted by molar-refractivity contribution is 0.249. The van der Waals surface area contributed by atoms with E-state index in [2.05, 4.69) is 15.4 Å². The molecule has 106 valence electrons. The summed E-state index contributed by atoms with van der Waals surface area (Å²) < 4.78 is 25.9. The van der Waals surface area contributed by atoms with Crippen LogP contribution in [0.4, 0.5) is 16.2 Å². The second-order valence-electron chi connectivity index (χ2n) is 3.68. The molecule has 0 atom stereocenters. The third-order valence-corrected chi connectivity index (χ3v) is 3.76. The highest BCUT2D eigenvalue weighted by atomic mass is 32.2. The molecule has 2 amide bonds. The molecule has 0 aliphatic carbocycles. The number of urea groups is 1. The minimum Gasteiger partial charge on any atom is -0.399 e. The summed E-state index contributed by atoms with van der Waals surface area (Å²) in [6.07, 6.45) is 0. The quantitative estimate of drug-likeness (QED) is 0.346. The molecular weight excluding hydrogens is 270 g/mol. The first-order valence-corrected chi connectivity index (χ1v) is 6.95. The summed E-state index contributed by atoms with van der Waals surface area (Å²) in [5.74, 6) is 0. The van der Waals surface area contributed by atoms with Crippen molar-refractivity contribution in [1.82, 2.24) is 10.0 Å². The summed E-state index contributed by atoms with van der Waals surface area (Å²) in [6, 6.07) is 3.86. The van der Waals surface area contributed by atoms with E-state index in [4.69, 9.17) is 11.5 Å². The van der Waals surface area contributed by atoms with Crippen LogP contribution in [0.3, 0.4) is 0 Å². The van der Waals surface area contributed by atoms with Crippen molar-refractivity contribution in [2.75, 3.05) is 31.2 Å². The van der Waals surface area contributed by atoms with Gasteiger partial charge in [-0.2, -0.15) is 0 Å². The van der Waals surface area contributed by atoms with Crippen molar-refractivity contribution in [3.05, 3.63) is 18.2 Å². The number of hydrogen-bond acceptors (Lipinski definition) is 5. The molecule has 0 saturated carbocycles. The van der Waals surface area contributed by atoms with Gasteiger partial charge in [0.25, 0.3) is 0 Å². The van der Waals surface area contributed by atoms with Crippen molar-refractivity contribution in [2.45, 2.75) is 4.90 Å². The van der Waals surface area contributed by atoms with Gasteiger partial charge in [0.05, 0.1) is 5.69 Å². The van der Waals surface area contributed by atoms with Gasteiger partial charge >= 0.3 is 6.03 Å². The number of carbonyl (C=O) groups excluding carboxylic acids is 1. The Kier molecular flexibility index (Phi) is 4.95. The van der Waals surface area contributed by atoms with Gasteiger partial charge in [0.2, 0.25) is 10.0 Å². The zero-order chi connectivity index (χ0) is 14.5. The minimum absolute atomic E-state index is 0.0501. The van der Waals surface area contributed by atoms with E-state index in [0.717, 1.165) is 0 Å². The summed E-state index contributed by atoms with van der Waals surface area (Å²) in [5, 5.41) is 5.28. The highest BCUT2D eigenvalue weighted by molar-refractivity contribution is 7.89. The fourth-order valence-corrected chi connectivity index (χ4v) is 2.34. The van der Waals surface area contributed by atoms with Gasteiger partial charge in [-0.25, -0.2) is 17.9 Å². The maximum atomic E-state index is 11.8. The van der Waals surface area contributed by atoms with E-state index in [9.17, 15) is 13.2 Å². The third kappa shape index (κ3) is 4.30. The molecule has 1 aromatic carbocycles. The molecular formula is C10H17N5O3S. The van der Waals surface area contributed by atoms with E-state index in [1.807, 2.05) is 0 Å². The number of nitrogens with one attached hydrogen (secondary N) is 3. The Labute approximate surface area is 111 Å². The van der Waals surface area contributed by atoms with Crippen molar-refractivity contribution in [2.24, 2.45) is 5.73 Å². The number of anilines is 2. The summed E-state index contributed by atoms with van der Waals surface area (Å²) in [4.78, 5) is 10.5. The molecule has 7 N–H and O–H groups in total. The number of amides is 2. The Bertz CT molecular complexity index is 558. The van der Waals surface area contributed by atoms with Gasteiger partial charge in [-0.3, -0.25) is 0 Å². The summed E-state index contributed by atoms with van der Waals surface area (Å²) in [5.41, 5.74) is 11.2. The van der Waals surface area contributed by atoms with Gasteiger partial charge < -0.3 is 22.1 Å². The number of benzene rings is 1. The van der Waals surface area contributed by atoms with Gasteiger partial charge in [-0.05, 0) is 25.2 Å². The van der Waals surface area contributed by atoms with Gasteiger partial charge in [-0.1, -0.05) is 0 Å². The van der Waals surface area contributed by atoms with Crippen molar-refractivity contribution in [3.63, 3.8) is 0 Å². The van der Waals surface area contributed by atoms with E-state index in [-0.39, 0.29) is 11.4 Å². The largest absolute Gasteiger partial charge is 0.399 e. The number of rotatable bonds is 6. The molecule has 0 unspecified atom stereocenters. The Hall–Kier alpha value is -2.00. The molecule has 9 heteroatoms. The van der Waals surface area contributed by atoms with E-state index in [0.29, 0.717) is 17.9 Å². The fourth-order valence-electron chi connectivity index (χ4n) is 1.40. The Balaban J connectivity index is 2.86. The lowest BCUT2D eigenvalue weighted by Crippen LogP contribution is -2.33. The minimum atomic E-state index is -3.61. The number of hydrogen-bond donors (Lipinski definition) is 5. The molecule has 0 aliphatic rings. The Morgan fingerprint density at radius 3 is 2.58 bits per heavy atom. The molecule has 0 heterocycles. The first kappa shape index (κ1) is 15.1. The van der Waals surface area contributed by atoms with Crippen LogP contribution in [0.5, 0.6) is 0 Å². The van der Waals surface area contributed by atoms with Gasteiger partial charge in [-0.15, -0.1) is 0 Å². The SMILES string of the molecule is CNS(=O)(=O)c1cc(N)ccc1NCCNC(N)=O. The zero-order valence-corrected chi connectivity index (χ0v) is 11.3. The van der Waals surface area contributed by atoms with Crippen LogP contribution in [0.15, 0.2) is 23.1 Å². The van der Waals surface area contributed by atoms with E-state index < -0.39 is 16.1 Å². The summed E-state index contributed by atoms with van der Waals surface area (Å²) in [7, 11) is -2.29. The topological polar surface area (TPSA) is 139 Å². The number of nitrogens with two attached hydrogens (primary N) is 2. The first-order valence-electron chi connectivity index (χ1n) is 5.47. The molecule has 0 radical (unpaired) electrons. The van der Waals surface area contributed by atoms with Crippen LogP contribution in [0.25, 0.3) is 0 Å². The van der Waals surface area contributed by atoms with Gasteiger partial charge in [0, 0.05) is 18.8 Å². The highest BCUT2D eigenvalue weighted by Gasteiger charge is 2.16. The fraction of sp³-hybridized carbons (Fsp3) is 0.300. The summed E-state index contributed by atoms with van der Waals surface area (Å²) in [6.45, 7) is 0.609. The third-order valence-electron chi connectivity index (χ3n) is 2.30. The molecule has 0 spiro atoms. The lowest BCUT2D eigenvalue weighted by Gasteiger charge is -2.12. The maximum absolute atomic E-state index is 11.8. The van der Waals surface area contributed by atoms with Crippen molar-refractivity contribution in [3.8, 4) is 0 Å². The van der Waals surface area contributed by atoms with Gasteiger partial charge in [0.1, 0.15) is 4.90 Å². The van der Waals surface area contributed by atoms with Crippen LogP contribution in [0, 0.1) is 0 Å². The number of carbonyl (C=O) groups is 1. The number of nitrogen functional groups attached to an aromatic ring is 1. The molecule has 19 heavy (non-hydrogen) atoms. The molecule has 8 nitrogen and oxygen atoms in total. The maximum Gasteiger partial charge on any atom is 0.312 e. The predicted molar refractivity (Wildman–Crippen MR) is 73.2 cm³/mol. The molecule has 0 bridgehead atoms. The Morgan fingerprint density at radius 1 is 1.32 bits per heavy atom. The monoisotopic (exact) mass is 287 g/mol. The number of sulfonamides is 1. The highest BCUT2D eigenvalue weighted by Crippen LogP contribution is 2.23. The molecule has 0 fully saturated rings. The second kappa shape index (κ2) is 6.25. The summed E-state index contributed by atoms with van der Waals surface area (Å²) >= 11 is 0. The molecule has 0 saturated heterocycles. The average molecular weight is 287 g/mol. The molecule has 1 aromatic rings. The van der Waals surface area contributed by atoms with Crippen LogP contribution in [-0.2, 0) is 10.0 Å². The van der Waals surface area contributed by atoms with Crippen LogP contribution in [-0.4, -0.2) is 34.6 Å². The van der Waals surface area contributed by atoms with Gasteiger partial charge in [0.15, 0.2) is 0 Å². The van der Waals surface area contributed by atoms with Crippen molar-refractivity contribution >= 4 is 27.4 Å². The van der Waals surface area contributed by atoms with E-state index in [1.54, 1.807) is 12.1 Å². The van der Waals surface area contributed by atoms with Crippen molar-refractivity contribution in [1.29, 1.82) is 0 Å². The number of primary amides is 1. The molecule has 0 aromatic heterocycles. The van der Waals surface area contributed by atoms with Crippen molar-refractivity contribution < 1.29 is 13.2 Å². The molecule has 1 rings (SSSR count). The lowest BCUT2D eigenvalue weighted by atomic mass is 10.3. The second-order valence-corrected chi connectivity index (χ2v) is 5.54. The van der Waals surface area contributed by atoms with Crippen LogP contribution in [0.2, 0.25) is 0 Å². The van der Waals surface area contributed by atoms with Crippen LogP contribution in [0.1, 0.15) is 0 Å². The smallest absolute Gasteiger partial charge is 0.312 e. The van der Waals surface area contributed by atoms with Crippen LogP contribution >= 0.6 is 0 Å². The van der Waals surface area contributed by atoms with Crippen LogP contribution < -0.4 is 26.8 Å². The normalized spacial score (nSPS) is 11.0. The standard InChI is InChI=1S/C10H17N5O3S/c1-13-19(17,18)9-6-7(11)2-3-8(9)14-4-5-15-10(12)16/h2-3,6,13-14H,4-5,11H2,1H3,(H3,12,15,16). The van der Waals surface area contributed by atoms with E-state index >= 15 is 0 Å². The average Bonchev–Trinajstić information content (AvgIpc) is 2.35. The first-order chi connectivity index (χ1) is 8.86. The van der Waals surface area contributed by atoms with E-state index in [1.165, 1.54) is 13.1 Å². The Morgan fingerprint density at radius 2 is 2.00 bits per heavy atom. The zero-order valence-electron chi connectivity index (χ0n) is 10.4. The predicted octanol–water partition coefficient (Wildman–Crippen LogP) is -0.743.